The van der Waals surface area contributed by atoms with Gasteiger partial charge in [-0.05, 0) is 26.8 Å². The van der Waals surface area contributed by atoms with Crippen LogP contribution in [0.4, 0.5) is 0 Å². The van der Waals surface area contributed by atoms with E-state index in [-0.39, 0.29) is 12.5 Å². The lowest BCUT2D eigenvalue weighted by Gasteiger charge is -2.25. The van der Waals surface area contributed by atoms with E-state index < -0.39 is 5.60 Å². The number of aryl methyl sites for hydroxylation is 1. The van der Waals surface area contributed by atoms with Gasteiger partial charge in [0.1, 0.15) is 5.76 Å². The Labute approximate surface area is 89.5 Å². The molecule has 1 amide bonds. The summed E-state index contributed by atoms with van der Waals surface area (Å²) >= 11 is 0. The molecular formula is C11H17NO3. The van der Waals surface area contributed by atoms with Crippen LogP contribution in [0.15, 0.2) is 16.7 Å². The van der Waals surface area contributed by atoms with Crippen molar-refractivity contribution >= 4 is 5.91 Å². The van der Waals surface area contributed by atoms with Gasteiger partial charge < -0.3 is 14.4 Å². The third-order valence-corrected chi connectivity index (χ3v) is 2.06. The minimum Gasteiger partial charge on any atom is -0.469 e. The van der Waals surface area contributed by atoms with Crippen molar-refractivity contribution in [2.24, 2.45) is 0 Å². The summed E-state index contributed by atoms with van der Waals surface area (Å²) in [5.41, 5.74) is -0.344. The molecule has 84 valence electrons. The number of likely N-dealkylation sites (N-methyl/N-ethyl adjacent to an activating group) is 1. The van der Waals surface area contributed by atoms with Crippen molar-refractivity contribution in [3.63, 3.8) is 0 Å². The maximum absolute atomic E-state index is 11.9. The fraction of sp³-hybridized carbons (Fsp3) is 0.545. The summed E-state index contributed by atoms with van der Waals surface area (Å²) in [6.45, 7) is 5.36. The van der Waals surface area contributed by atoms with Gasteiger partial charge in [-0.3, -0.25) is 4.79 Å². The van der Waals surface area contributed by atoms with Crippen molar-refractivity contribution in [2.75, 3.05) is 13.6 Å². The van der Waals surface area contributed by atoms with Gasteiger partial charge in [0.05, 0.1) is 17.4 Å². The molecule has 4 heteroatoms. The Hall–Kier alpha value is -1.29. The van der Waals surface area contributed by atoms with Gasteiger partial charge in [-0.25, -0.2) is 0 Å². The van der Waals surface area contributed by atoms with Gasteiger partial charge in [-0.1, -0.05) is 0 Å². The second-order valence-electron chi connectivity index (χ2n) is 4.36. The van der Waals surface area contributed by atoms with Gasteiger partial charge in [0, 0.05) is 13.6 Å². The molecule has 0 spiro atoms. The van der Waals surface area contributed by atoms with Crippen LogP contribution >= 0.6 is 0 Å². The molecule has 0 aromatic carbocycles. The highest BCUT2D eigenvalue weighted by atomic mass is 16.3. The first-order chi connectivity index (χ1) is 6.81. The van der Waals surface area contributed by atoms with Crippen molar-refractivity contribution < 1.29 is 14.3 Å². The van der Waals surface area contributed by atoms with Gasteiger partial charge in [0.15, 0.2) is 0 Å². The first-order valence-electron chi connectivity index (χ1n) is 4.83. The lowest BCUT2D eigenvalue weighted by Crippen LogP contribution is -2.39. The number of aliphatic hydroxyl groups is 1. The SMILES string of the molecule is Cc1occc1C(=O)N(C)CC(C)(C)O. The molecule has 0 saturated heterocycles. The first kappa shape index (κ1) is 11.8. The number of hydrogen-bond donors (Lipinski definition) is 1. The molecule has 1 aromatic rings. The van der Waals surface area contributed by atoms with Crippen LogP contribution in [-0.2, 0) is 0 Å². The Balaban J connectivity index is 2.74. The Kier molecular flexibility index (Phi) is 3.19. The molecule has 0 radical (unpaired) electrons. The molecule has 0 unspecified atom stereocenters. The standard InChI is InChI=1S/C11H17NO3/c1-8-9(5-6-15-8)10(13)12(4)7-11(2,3)14/h5-6,14H,7H2,1-4H3. The molecule has 0 aliphatic carbocycles. The number of furan rings is 1. The molecule has 1 heterocycles. The summed E-state index contributed by atoms with van der Waals surface area (Å²) in [5.74, 6) is 0.464. The molecule has 1 N–H and O–H groups in total. The smallest absolute Gasteiger partial charge is 0.257 e. The van der Waals surface area contributed by atoms with E-state index in [9.17, 15) is 9.90 Å². The predicted molar refractivity (Wildman–Crippen MR) is 56.7 cm³/mol. The van der Waals surface area contributed by atoms with Gasteiger partial charge in [0.25, 0.3) is 5.91 Å². The van der Waals surface area contributed by atoms with Crippen molar-refractivity contribution in [2.45, 2.75) is 26.4 Å². The van der Waals surface area contributed by atoms with Gasteiger partial charge in [-0.2, -0.15) is 0 Å². The average Bonchev–Trinajstić information content (AvgIpc) is 2.47. The van der Waals surface area contributed by atoms with E-state index in [2.05, 4.69) is 0 Å². The van der Waals surface area contributed by atoms with E-state index in [1.165, 1.54) is 11.2 Å². The zero-order valence-electron chi connectivity index (χ0n) is 9.57. The lowest BCUT2D eigenvalue weighted by molar-refractivity contribution is 0.0367. The minimum atomic E-state index is -0.887. The number of hydrogen-bond acceptors (Lipinski definition) is 3. The van der Waals surface area contributed by atoms with Crippen LogP contribution in [0.1, 0.15) is 30.0 Å². The van der Waals surface area contributed by atoms with Crippen molar-refractivity contribution in [1.29, 1.82) is 0 Å². The van der Waals surface area contributed by atoms with E-state index in [4.69, 9.17) is 4.42 Å². The second-order valence-corrected chi connectivity index (χ2v) is 4.36. The number of rotatable bonds is 3. The Bertz CT molecular complexity index is 349. The van der Waals surface area contributed by atoms with Crippen LogP contribution in [0, 0.1) is 6.92 Å². The number of nitrogens with zero attached hydrogens (tertiary/aromatic N) is 1. The van der Waals surface area contributed by atoms with Crippen LogP contribution < -0.4 is 0 Å². The highest BCUT2D eigenvalue weighted by Crippen LogP contribution is 2.13. The van der Waals surface area contributed by atoms with E-state index in [0.29, 0.717) is 11.3 Å². The molecule has 0 atom stereocenters. The van der Waals surface area contributed by atoms with Gasteiger partial charge >= 0.3 is 0 Å². The van der Waals surface area contributed by atoms with E-state index >= 15 is 0 Å². The average molecular weight is 211 g/mol. The molecule has 1 rings (SSSR count). The Morgan fingerprint density at radius 2 is 2.20 bits per heavy atom. The zero-order chi connectivity index (χ0) is 11.6. The monoisotopic (exact) mass is 211 g/mol. The molecule has 0 aliphatic rings. The molecule has 0 bridgehead atoms. The number of carbonyl (C=O) groups excluding carboxylic acids is 1. The highest BCUT2D eigenvalue weighted by Gasteiger charge is 2.22. The molecule has 4 nitrogen and oxygen atoms in total. The highest BCUT2D eigenvalue weighted by molar-refractivity contribution is 5.94. The summed E-state index contributed by atoms with van der Waals surface area (Å²) in [6, 6.07) is 1.64. The Morgan fingerprint density at radius 1 is 1.60 bits per heavy atom. The summed E-state index contributed by atoms with van der Waals surface area (Å²) in [7, 11) is 1.66. The van der Waals surface area contributed by atoms with Gasteiger partial charge in [0.2, 0.25) is 0 Å². The zero-order valence-corrected chi connectivity index (χ0v) is 9.57. The van der Waals surface area contributed by atoms with Crippen molar-refractivity contribution in [1.82, 2.24) is 4.90 Å². The van der Waals surface area contributed by atoms with Crippen LogP contribution in [0.2, 0.25) is 0 Å². The molecule has 0 fully saturated rings. The molecule has 1 aromatic heterocycles. The third-order valence-electron chi connectivity index (χ3n) is 2.06. The lowest BCUT2D eigenvalue weighted by atomic mass is 10.1. The number of amides is 1. The van der Waals surface area contributed by atoms with Crippen molar-refractivity contribution in [3.05, 3.63) is 23.7 Å². The summed E-state index contributed by atoms with van der Waals surface area (Å²) in [4.78, 5) is 13.3. The maximum Gasteiger partial charge on any atom is 0.257 e. The fourth-order valence-corrected chi connectivity index (χ4v) is 1.46. The topological polar surface area (TPSA) is 53.7 Å². The minimum absolute atomic E-state index is 0.136. The predicted octanol–water partition coefficient (Wildman–Crippen LogP) is 1.43. The summed E-state index contributed by atoms with van der Waals surface area (Å²) in [5, 5.41) is 9.59. The molecule has 15 heavy (non-hydrogen) atoms. The Morgan fingerprint density at radius 3 is 2.60 bits per heavy atom. The molecular weight excluding hydrogens is 194 g/mol. The normalized spacial score (nSPS) is 11.5. The summed E-state index contributed by atoms with van der Waals surface area (Å²) < 4.78 is 5.06. The molecule has 0 saturated carbocycles. The van der Waals surface area contributed by atoms with Crippen LogP contribution in [0.3, 0.4) is 0 Å². The first-order valence-corrected chi connectivity index (χ1v) is 4.83. The van der Waals surface area contributed by atoms with Crippen molar-refractivity contribution in [3.8, 4) is 0 Å². The van der Waals surface area contributed by atoms with Crippen LogP contribution in [0.5, 0.6) is 0 Å². The van der Waals surface area contributed by atoms with E-state index in [0.717, 1.165) is 0 Å². The van der Waals surface area contributed by atoms with Crippen LogP contribution in [-0.4, -0.2) is 35.1 Å². The third kappa shape index (κ3) is 3.09. The maximum atomic E-state index is 11.9. The quantitative estimate of drug-likeness (QED) is 0.822. The fourth-order valence-electron chi connectivity index (χ4n) is 1.46. The van der Waals surface area contributed by atoms with E-state index in [1.807, 2.05) is 0 Å². The number of carbonyl (C=O) groups is 1. The largest absolute Gasteiger partial charge is 0.469 e. The van der Waals surface area contributed by atoms with Crippen LogP contribution in [0.25, 0.3) is 0 Å². The van der Waals surface area contributed by atoms with E-state index in [1.54, 1.807) is 33.9 Å². The van der Waals surface area contributed by atoms with Gasteiger partial charge in [-0.15, -0.1) is 0 Å². The molecule has 0 aliphatic heterocycles. The summed E-state index contributed by atoms with van der Waals surface area (Å²) in [6.07, 6.45) is 1.49. The second kappa shape index (κ2) is 4.06.